The molecule has 0 saturated carbocycles. The summed E-state index contributed by atoms with van der Waals surface area (Å²) in [5, 5.41) is 27.8. The van der Waals surface area contributed by atoms with Crippen LogP contribution in [0.4, 0.5) is 5.82 Å². The second-order valence-electron chi connectivity index (χ2n) is 4.63. The van der Waals surface area contributed by atoms with Gasteiger partial charge in [0, 0.05) is 11.9 Å². The summed E-state index contributed by atoms with van der Waals surface area (Å²) in [5.74, 6) is 1.12. The normalized spacial score (nSPS) is 11.0. The maximum Gasteiger partial charge on any atom is 0.342 e. The summed E-state index contributed by atoms with van der Waals surface area (Å²) in [6.07, 6.45) is 3.03. The highest BCUT2D eigenvalue weighted by Crippen LogP contribution is 2.24. The SMILES string of the molecule is Cc1nnc(SCc2cn(Cc3ncc([N+](=O)[O-])n3C)nn2)s1. The van der Waals surface area contributed by atoms with E-state index in [1.54, 1.807) is 29.7 Å². The van der Waals surface area contributed by atoms with Crippen molar-refractivity contribution in [3.8, 4) is 0 Å². The molecular weight excluding hydrogens is 340 g/mol. The lowest BCUT2D eigenvalue weighted by Crippen LogP contribution is -2.08. The molecule has 0 unspecified atom stereocenters. The topological polar surface area (TPSA) is 117 Å². The number of nitro groups is 1. The predicted molar refractivity (Wildman–Crippen MR) is 83.2 cm³/mol. The van der Waals surface area contributed by atoms with Crippen LogP contribution in [-0.4, -0.2) is 39.7 Å². The molecule has 0 saturated heterocycles. The lowest BCUT2D eigenvalue weighted by molar-refractivity contribution is -0.391. The van der Waals surface area contributed by atoms with Crippen LogP contribution in [0, 0.1) is 17.0 Å². The van der Waals surface area contributed by atoms with Crippen LogP contribution in [0.5, 0.6) is 0 Å². The van der Waals surface area contributed by atoms with Gasteiger partial charge >= 0.3 is 5.82 Å². The Morgan fingerprint density at radius 2 is 2.22 bits per heavy atom. The molecule has 3 heterocycles. The van der Waals surface area contributed by atoms with Crippen LogP contribution in [0.15, 0.2) is 16.7 Å². The zero-order chi connectivity index (χ0) is 16.4. The lowest BCUT2D eigenvalue weighted by Gasteiger charge is -1.98. The highest BCUT2D eigenvalue weighted by Gasteiger charge is 2.17. The second kappa shape index (κ2) is 6.42. The van der Waals surface area contributed by atoms with Crippen LogP contribution in [0.25, 0.3) is 0 Å². The number of hydrogen-bond donors (Lipinski definition) is 0. The van der Waals surface area contributed by atoms with Crippen molar-refractivity contribution in [2.75, 3.05) is 0 Å². The molecule has 0 aromatic carbocycles. The van der Waals surface area contributed by atoms with Gasteiger partial charge in [-0.15, -0.1) is 15.3 Å². The summed E-state index contributed by atoms with van der Waals surface area (Å²) in [6, 6.07) is 0. The standard InChI is InChI=1S/C11H12N8O2S2/c1-7-13-15-11(23-7)22-6-8-4-18(16-14-8)5-9-12-3-10(17(9)2)19(20)21/h3-4H,5-6H2,1-2H3. The van der Waals surface area contributed by atoms with Gasteiger partial charge < -0.3 is 10.1 Å². The fraction of sp³-hybridized carbons (Fsp3) is 0.364. The molecule has 3 aromatic rings. The minimum absolute atomic E-state index is 0.0532. The van der Waals surface area contributed by atoms with Gasteiger partial charge in [0.2, 0.25) is 5.82 Å². The molecule has 0 aliphatic rings. The largest absolute Gasteiger partial charge is 0.358 e. The van der Waals surface area contributed by atoms with Crippen LogP contribution in [0.2, 0.25) is 0 Å². The molecule has 0 fully saturated rings. The Morgan fingerprint density at radius 1 is 1.39 bits per heavy atom. The van der Waals surface area contributed by atoms with E-state index < -0.39 is 4.92 Å². The average molecular weight is 352 g/mol. The summed E-state index contributed by atoms with van der Waals surface area (Å²) < 4.78 is 3.92. The Hall–Kier alpha value is -2.34. The molecule has 0 spiro atoms. The van der Waals surface area contributed by atoms with Gasteiger partial charge in [-0.05, 0) is 11.8 Å². The quantitative estimate of drug-likeness (QED) is 0.371. The number of aromatic nitrogens is 7. The molecule has 23 heavy (non-hydrogen) atoms. The number of nitrogens with zero attached hydrogens (tertiary/aromatic N) is 8. The van der Waals surface area contributed by atoms with Crippen molar-refractivity contribution in [2.45, 2.75) is 23.6 Å². The highest BCUT2D eigenvalue weighted by atomic mass is 32.2. The first kappa shape index (κ1) is 15.6. The fourth-order valence-corrected chi connectivity index (χ4v) is 3.55. The first-order valence-corrected chi connectivity index (χ1v) is 8.30. The van der Waals surface area contributed by atoms with Gasteiger partial charge in [-0.1, -0.05) is 28.3 Å². The van der Waals surface area contributed by atoms with Gasteiger partial charge in [-0.3, -0.25) is 0 Å². The highest BCUT2D eigenvalue weighted by molar-refractivity contribution is 8.00. The summed E-state index contributed by atoms with van der Waals surface area (Å²) >= 11 is 3.08. The third-order valence-electron chi connectivity index (χ3n) is 2.99. The lowest BCUT2D eigenvalue weighted by atomic mass is 10.5. The molecule has 0 bridgehead atoms. The predicted octanol–water partition coefficient (Wildman–Crippen LogP) is 1.42. The Balaban J connectivity index is 1.64. The number of hydrogen-bond acceptors (Lipinski definition) is 9. The van der Waals surface area contributed by atoms with E-state index >= 15 is 0 Å². The van der Waals surface area contributed by atoms with E-state index in [2.05, 4.69) is 25.5 Å². The number of thioether (sulfide) groups is 1. The van der Waals surface area contributed by atoms with Crippen molar-refractivity contribution in [1.29, 1.82) is 0 Å². The molecule has 0 atom stereocenters. The van der Waals surface area contributed by atoms with Crippen molar-refractivity contribution in [3.63, 3.8) is 0 Å². The van der Waals surface area contributed by atoms with Crippen LogP contribution in [0.1, 0.15) is 16.5 Å². The monoisotopic (exact) mass is 352 g/mol. The smallest absolute Gasteiger partial charge is 0.342 e. The molecule has 3 aromatic heterocycles. The molecule has 0 amide bonds. The van der Waals surface area contributed by atoms with Gasteiger partial charge in [0.1, 0.15) is 17.7 Å². The zero-order valence-electron chi connectivity index (χ0n) is 12.3. The summed E-state index contributed by atoms with van der Waals surface area (Å²) in [7, 11) is 1.60. The first-order valence-electron chi connectivity index (χ1n) is 6.50. The van der Waals surface area contributed by atoms with E-state index in [1.165, 1.54) is 22.1 Å². The Kier molecular flexibility index (Phi) is 4.34. The summed E-state index contributed by atoms with van der Waals surface area (Å²) in [4.78, 5) is 14.4. The van der Waals surface area contributed by atoms with Crippen LogP contribution < -0.4 is 0 Å². The van der Waals surface area contributed by atoms with Crippen LogP contribution >= 0.6 is 23.1 Å². The molecule has 0 aliphatic heterocycles. The van der Waals surface area contributed by atoms with Gasteiger partial charge in [0.15, 0.2) is 4.34 Å². The summed E-state index contributed by atoms with van der Waals surface area (Å²) in [5.41, 5.74) is 0.798. The van der Waals surface area contributed by atoms with Crippen molar-refractivity contribution >= 4 is 28.9 Å². The van der Waals surface area contributed by atoms with Gasteiger partial charge in [0.25, 0.3) is 0 Å². The van der Waals surface area contributed by atoms with Crippen molar-refractivity contribution in [1.82, 2.24) is 34.7 Å². The second-order valence-corrected chi connectivity index (χ2v) is 7.04. The minimum atomic E-state index is -0.468. The molecule has 0 aliphatic carbocycles. The van der Waals surface area contributed by atoms with Gasteiger partial charge in [-0.2, -0.15) is 0 Å². The molecule has 3 rings (SSSR count). The van der Waals surface area contributed by atoms with E-state index in [-0.39, 0.29) is 5.82 Å². The number of aryl methyl sites for hydroxylation is 1. The van der Waals surface area contributed by atoms with Crippen molar-refractivity contribution in [2.24, 2.45) is 7.05 Å². The van der Waals surface area contributed by atoms with E-state index in [0.29, 0.717) is 18.1 Å². The van der Waals surface area contributed by atoms with E-state index in [0.717, 1.165) is 15.0 Å². The zero-order valence-corrected chi connectivity index (χ0v) is 13.9. The molecular formula is C11H12N8O2S2. The Labute approximate surface area is 138 Å². The van der Waals surface area contributed by atoms with Crippen LogP contribution in [-0.2, 0) is 19.3 Å². The maximum atomic E-state index is 10.8. The molecule has 0 N–H and O–H groups in total. The maximum absolute atomic E-state index is 10.8. The minimum Gasteiger partial charge on any atom is -0.358 e. The molecule has 10 nitrogen and oxygen atoms in total. The molecule has 120 valence electrons. The Morgan fingerprint density at radius 3 is 2.87 bits per heavy atom. The number of imidazole rings is 1. The van der Waals surface area contributed by atoms with Gasteiger partial charge in [-0.25, -0.2) is 14.2 Å². The van der Waals surface area contributed by atoms with Crippen molar-refractivity contribution in [3.05, 3.63) is 39.0 Å². The third-order valence-corrected chi connectivity index (χ3v) is 4.99. The first-order chi connectivity index (χ1) is 11.0. The van der Waals surface area contributed by atoms with E-state index in [9.17, 15) is 10.1 Å². The van der Waals surface area contributed by atoms with E-state index in [4.69, 9.17) is 0 Å². The average Bonchev–Trinajstić information content (AvgIpc) is 3.20. The third kappa shape index (κ3) is 3.53. The van der Waals surface area contributed by atoms with E-state index in [1.807, 2.05) is 6.92 Å². The van der Waals surface area contributed by atoms with Gasteiger partial charge in [0.05, 0.1) is 12.7 Å². The summed E-state index contributed by atoms with van der Waals surface area (Å²) in [6.45, 7) is 2.23. The number of rotatable bonds is 6. The molecule has 0 radical (unpaired) electrons. The van der Waals surface area contributed by atoms with Crippen molar-refractivity contribution < 1.29 is 4.92 Å². The molecule has 12 heteroatoms. The fourth-order valence-electron chi connectivity index (χ4n) is 1.85. The van der Waals surface area contributed by atoms with Crippen LogP contribution in [0.3, 0.4) is 0 Å². The Bertz CT molecular complexity index is 839.